The average Bonchev–Trinajstić information content (AvgIpc) is 3.31. The van der Waals surface area contributed by atoms with Crippen LogP contribution in [0, 0.1) is 11.8 Å². The highest BCUT2D eigenvalue weighted by molar-refractivity contribution is 5.20. The monoisotopic (exact) mass is 257 g/mol. The summed E-state index contributed by atoms with van der Waals surface area (Å²) in [5.41, 5.74) is 1.50. The van der Waals surface area contributed by atoms with Crippen LogP contribution < -0.4 is 5.32 Å². The zero-order valence-corrected chi connectivity index (χ0v) is 12.1. The van der Waals surface area contributed by atoms with Gasteiger partial charge in [0.05, 0.1) is 0 Å². The molecule has 2 aliphatic rings. The number of rotatable bonds is 5. The van der Waals surface area contributed by atoms with Crippen molar-refractivity contribution in [2.45, 2.75) is 64.0 Å². The maximum absolute atomic E-state index is 3.96. The summed E-state index contributed by atoms with van der Waals surface area (Å²) in [5.74, 6) is 1.78. The molecular formula is C18H27N. The van der Waals surface area contributed by atoms with Crippen LogP contribution in [0.5, 0.6) is 0 Å². The van der Waals surface area contributed by atoms with Crippen molar-refractivity contribution in [3.05, 3.63) is 35.9 Å². The van der Waals surface area contributed by atoms with E-state index in [1.54, 1.807) is 0 Å². The van der Waals surface area contributed by atoms with Crippen molar-refractivity contribution in [2.24, 2.45) is 11.8 Å². The molecule has 19 heavy (non-hydrogen) atoms. The van der Waals surface area contributed by atoms with Gasteiger partial charge in [-0.3, -0.25) is 0 Å². The SMILES string of the molecule is CC(NC(c1ccccc1)C1CCCCC1)C1CC1. The van der Waals surface area contributed by atoms with Crippen molar-refractivity contribution >= 4 is 0 Å². The lowest BCUT2D eigenvalue weighted by atomic mass is 9.80. The van der Waals surface area contributed by atoms with E-state index in [-0.39, 0.29) is 0 Å². The molecule has 0 spiro atoms. The van der Waals surface area contributed by atoms with Gasteiger partial charge in [-0.05, 0) is 50.0 Å². The Morgan fingerprint density at radius 1 is 0.895 bits per heavy atom. The topological polar surface area (TPSA) is 12.0 Å². The smallest absolute Gasteiger partial charge is 0.0351 e. The molecule has 0 aromatic heterocycles. The van der Waals surface area contributed by atoms with E-state index in [1.165, 1.54) is 50.5 Å². The van der Waals surface area contributed by atoms with Crippen molar-refractivity contribution < 1.29 is 0 Å². The summed E-state index contributed by atoms with van der Waals surface area (Å²) >= 11 is 0. The molecule has 2 unspecified atom stereocenters. The Kier molecular flexibility index (Phi) is 4.22. The summed E-state index contributed by atoms with van der Waals surface area (Å²) in [7, 11) is 0. The van der Waals surface area contributed by atoms with Crippen molar-refractivity contribution in [1.82, 2.24) is 5.32 Å². The minimum absolute atomic E-state index is 0.581. The van der Waals surface area contributed by atoms with Gasteiger partial charge < -0.3 is 5.32 Å². The van der Waals surface area contributed by atoms with E-state index in [0.29, 0.717) is 12.1 Å². The van der Waals surface area contributed by atoms with Crippen LogP contribution in [0.25, 0.3) is 0 Å². The summed E-state index contributed by atoms with van der Waals surface area (Å²) in [5, 5.41) is 3.96. The van der Waals surface area contributed by atoms with E-state index in [4.69, 9.17) is 0 Å². The Labute approximate surface area is 117 Å². The molecule has 0 amide bonds. The van der Waals surface area contributed by atoms with Crippen LogP contribution in [0.1, 0.15) is 63.5 Å². The second-order valence-corrected chi connectivity index (χ2v) is 6.58. The zero-order valence-electron chi connectivity index (χ0n) is 12.1. The number of benzene rings is 1. The Morgan fingerprint density at radius 3 is 2.21 bits per heavy atom. The second-order valence-electron chi connectivity index (χ2n) is 6.58. The van der Waals surface area contributed by atoms with Crippen molar-refractivity contribution in [1.29, 1.82) is 0 Å². The average molecular weight is 257 g/mol. The van der Waals surface area contributed by atoms with Crippen LogP contribution in [-0.2, 0) is 0 Å². The summed E-state index contributed by atoms with van der Waals surface area (Å²) < 4.78 is 0. The molecule has 0 bridgehead atoms. The van der Waals surface area contributed by atoms with Gasteiger partial charge in [-0.1, -0.05) is 49.6 Å². The highest BCUT2D eigenvalue weighted by atomic mass is 15.0. The predicted octanol–water partition coefficient (Wildman–Crippen LogP) is 4.70. The lowest BCUT2D eigenvalue weighted by Crippen LogP contribution is -2.37. The molecule has 2 fully saturated rings. The van der Waals surface area contributed by atoms with Crippen LogP contribution in [-0.4, -0.2) is 6.04 Å². The summed E-state index contributed by atoms with van der Waals surface area (Å²) in [6.45, 7) is 2.39. The molecular weight excluding hydrogens is 230 g/mol. The van der Waals surface area contributed by atoms with Gasteiger partial charge in [0, 0.05) is 12.1 Å². The van der Waals surface area contributed by atoms with Crippen LogP contribution in [0.2, 0.25) is 0 Å². The zero-order chi connectivity index (χ0) is 13.1. The molecule has 1 nitrogen and oxygen atoms in total. The van der Waals surface area contributed by atoms with Crippen LogP contribution >= 0.6 is 0 Å². The van der Waals surface area contributed by atoms with E-state index < -0.39 is 0 Å². The largest absolute Gasteiger partial charge is 0.307 e. The third kappa shape index (κ3) is 3.39. The van der Waals surface area contributed by atoms with Gasteiger partial charge in [0.2, 0.25) is 0 Å². The Morgan fingerprint density at radius 2 is 1.58 bits per heavy atom. The normalized spacial score (nSPS) is 24.1. The minimum atomic E-state index is 0.581. The lowest BCUT2D eigenvalue weighted by molar-refractivity contribution is 0.250. The molecule has 2 saturated carbocycles. The highest BCUT2D eigenvalue weighted by Crippen LogP contribution is 2.38. The third-order valence-electron chi connectivity index (χ3n) is 5.05. The van der Waals surface area contributed by atoms with Gasteiger partial charge in [-0.25, -0.2) is 0 Å². The summed E-state index contributed by atoms with van der Waals surface area (Å²) in [6, 6.07) is 12.4. The van der Waals surface area contributed by atoms with E-state index in [1.807, 2.05) is 0 Å². The third-order valence-corrected chi connectivity index (χ3v) is 5.05. The molecule has 0 aliphatic heterocycles. The molecule has 1 heteroatoms. The molecule has 2 aliphatic carbocycles. The van der Waals surface area contributed by atoms with Gasteiger partial charge in [0.1, 0.15) is 0 Å². The van der Waals surface area contributed by atoms with Crippen LogP contribution in [0.15, 0.2) is 30.3 Å². The van der Waals surface area contributed by atoms with Gasteiger partial charge in [-0.15, -0.1) is 0 Å². The van der Waals surface area contributed by atoms with E-state index in [2.05, 4.69) is 42.6 Å². The van der Waals surface area contributed by atoms with E-state index in [0.717, 1.165) is 11.8 Å². The molecule has 0 radical (unpaired) electrons. The maximum atomic E-state index is 3.96. The first-order valence-corrected chi connectivity index (χ1v) is 8.15. The molecule has 1 N–H and O–H groups in total. The molecule has 2 atom stereocenters. The first-order valence-electron chi connectivity index (χ1n) is 8.15. The highest BCUT2D eigenvalue weighted by Gasteiger charge is 2.32. The van der Waals surface area contributed by atoms with Crippen LogP contribution in [0.4, 0.5) is 0 Å². The quantitative estimate of drug-likeness (QED) is 0.806. The summed E-state index contributed by atoms with van der Waals surface area (Å²) in [6.07, 6.45) is 9.96. The fourth-order valence-corrected chi connectivity index (χ4v) is 3.65. The molecule has 1 aromatic rings. The molecule has 104 valence electrons. The molecule has 0 saturated heterocycles. The molecule has 3 rings (SSSR count). The number of nitrogens with one attached hydrogen (secondary N) is 1. The van der Waals surface area contributed by atoms with E-state index in [9.17, 15) is 0 Å². The standard InChI is InChI=1S/C18H27N/c1-14(15-12-13-15)19-18(16-8-4-2-5-9-16)17-10-6-3-7-11-17/h2,4-5,8-9,14-15,17-19H,3,6-7,10-13H2,1H3. The fraction of sp³-hybridized carbons (Fsp3) is 0.667. The lowest BCUT2D eigenvalue weighted by Gasteiger charge is -2.33. The first kappa shape index (κ1) is 13.2. The van der Waals surface area contributed by atoms with Crippen molar-refractivity contribution in [2.75, 3.05) is 0 Å². The van der Waals surface area contributed by atoms with Gasteiger partial charge in [0.25, 0.3) is 0 Å². The maximum Gasteiger partial charge on any atom is 0.0351 e. The Bertz CT molecular complexity index is 376. The summed E-state index contributed by atoms with van der Waals surface area (Å²) in [4.78, 5) is 0. The van der Waals surface area contributed by atoms with Crippen molar-refractivity contribution in [3.63, 3.8) is 0 Å². The van der Waals surface area contributed by atoms with E-state index >= 15 is 0 Å². The Balaban J connectivity index is 1.73. The van der Waals surface area contributed by atoms with Crippen LogP contribution in [0.3, 0.4) is 0 Å². The predicted molar refractivity (Wildman–Crippen MR) is 81.1 cm³/mol. The van der Waals surface area contributed by atoms with Gasteiger partial charge in [0.15, 0.2) is 0 Å². The fourth-order valence-electron chi connectivity index (χ4n) is 3.65. The first-order chi connectivity index (χ1) is 9.34. The molecule has 0 heterocycles. The Hall–Kier alpha value is -0.820. The second kappa shape index (κ2) is 6.09. The molecule has 1 aromatic carbocycles. The van der Waals surface area contributed by atoms with Gasteiger partial charge in [-0.2, -0.15) is 0 Å². The number of hydrogen-bond acceptors (Lipinski definition) is 1. The van der Waals surface area contributed by atoms with Gasteiger partial charge >= 0.3 is 0 Å². The van der Waals surface area contributed by atoms with Crippen molar-refractivity contribution in [3.8, 4) is 0 Å². The number of hydrogen-bond donors (Lipinski definition) is 1. The minimum Gasteiger partial charge on any atom is -0.307 e.